The Labute approximate surface area is 106 Å². The minimum absolute atomic E-state index is 0.0627. The van der Waals surface area contributed by atoms with E-state index in [1.165, 1.54) is 0 Å². The van der Waals surface area contributed by atoms with Gasteiger partial charge in [0.1, 0.15) is 18.1 Å². The lowest BCUT2D eigenvalue weighted by molar-refractivity contribution is 0.274. The Kier molecular flexibility index (Phi) is 4.15. The molecule has 0 aliphatic rings. The molecule has 0 unspecified atom stereocenters. The van der Waals surface area contributed by atoms with Crippen LogP contribution in [-0.4, -0.2) is 17.2 Å². The molecule has 4 nitrogen and oxygen atoms in total. The van der Waals surface area contributed by atoms with E-state index in [9.17, 15) is 0 Å². The van der Waals surface area contributed by atoms with Gasteiger partial charge in [-0.3, -0.25) is 4.98 Å². The molecule has 0 spiro atoms. The number of aliphatic hydroxyl groups excluding tert-OH is 1. The summed E-state index contributed by atoms with van der Waals surface area (Å²) in [6.07, 6.45) is 1.60. The summed E-state index contributed by atoms with van der Waals surface area (Å²) in [5.74, 6) is 1.47. The molecule has 1 aromatic carbocycles. The van der Waals surface area contributed by atoms with Gasteiger partial charge < -0.3 is 14.6 Å². The largest absolute Gasteiger partial charge is 0.496 e. The van der Waals surface area contributed by atoms with E-state index < -0.39 is 0 Å². The SMILES string of the molecule is COc1ccccc1COc1ccc(CO)nc1. The molecule has 0 aliphatic heterocycles. The molecular weight excluding hydrogens is 230 g/mol. The van der Waals surface area contributed by atoms with E-state index in [1.54, 1.807) is 25.4 Å². The first-order valence-corrected chi connectivity index (χ1v) is 5.64. The summed E-state index contributed by atoms with van der Waals surface area (Å²) in [5, 5.41) is 8.88. The third-order valence-corrected chi connectivity index (χ3v) is 2.55. The minimum atomic E-state index is -0.0627. The lowest BCUT2D eigenvalue weighted by atomic mass is 10.2. The number of hydrogen-bond acceptors (Lipinski definition) is 4. The van der Waals surface area contributed by atoms with Crippen LogP contribution in [0.5, 0.6) is 11.5 Å². The van der Waals surface area contributed by atoms with Crippen molar-refractivity contribution in [1.29, 1.82) is 0 Å². The molecule has 0 amide bonds. The fourth-order valence-corrected chi connectivity index (χ4v) is 1.57. The summed E-state index contributed by atoms with van der Waals surface area (Å²) in [6, 6.07) is 11.2. The molecule has 0 bridgehead atoms. The highest BCUT2D eigenvalue weighted by Gasteiger charge is 2.02. The summed E-state index contributed by atoms with van der Waals surface area (Å²) < 4.78 is 10.9. The quantitative estimate of drug-likeness (QED) is 0.877. The van der Waals surface area contributed by atoms with Crippen molar-refractivity contribution in [2.75, 3.05) is 7.11 Å². The van der Waals surface area contributed by atoms with Crippen molar-refractivity contribution >= 4 is 0 Å². The number of methoxy groups -OCH3 is 1. The molecule has 18 heavy (non-hydrogen) atoms. The van der Waals surface area contributed by atoms with Gasteiger partial charge in [0.25, 0.3) is 0 Å². The molecule has 1 heterocycles. The number of para-hydroxylation sites is 1. The van der Waals surface area contributed by atoms with E-state index in [0.717, 1.165) is 11.3 Å². The smallest absolute Gasteiger partial charge is 0.138 e. The van der Waals surface area contributed by atoms with Crippen molar-refractivity contribution in [3.8, 4) is 11.5 Å². The zero-order chi connectivity index (χ0) is 12.8. The maximum absolute atomic E-state index is 8.88. The van der Waals surface area contributed by atoms with Crippen LogP contribution in [-0.2, 0) is 13.2 Å². The Balaban J connectivity index is 2.02. The van der Waals surface area contributed by atoms with Gasteiger partial charge in [-0.1, -0.05) is 18.2 Å². The fraction of sp³-hybridized carbons (Fsp3) is 0.214. The van der Waals surface area contributed by atoms with E-state index in [-0.39, 0.29) is 6.61 Å². The maximum atomic E-state index is 8.88. The van der Waals surface area contributed by atoms with Crippen molar-refractivity contribution in [1.82, 2.24) is 4.98 Å². The second-order valence-corrected chi connectivity index (χ2v) is 3.74. The van der Waals surface area contributed by atoms with Crippen LogP contribution in [0.2, 0.25) is 0 Å². The summed E-state index contributed by atoms with van der Waals surface area (Å²) in [5.41, 5.74) is 1.60. The average Bonchev–Trinajstić information content (AvgIpc) is 2.46. The fourth-order valence-electron chi connectivity index (χ4n) is 1.57. The average molecular weight is 245 g/mol. The van der Waals surface area contributed by atoms with Crippen LogP contribution in [0.25, 0.3) is 0 Å². The second-order valence-electron chi connectivity index (χ2n) is 3.74. The first-order valence-electron chi connectivity index (χ1n) is 5.64. The summed E-state index contributed by atoms with van der Waals surface area (Å²) >= 11 is 0. The van der Waals surface area contributed by atoms with Crippen LogP contribution in [0.4, 0.5) is 0 Å². The number of pyridine rings is 1. The molecule has 0 aliphatic carbocycles. The van der Waals surface area contributed by atoms with Gasteiger partial charge in [0.15, 0.2) is 0 Å². The highest BCUT2D eigenvalue weighted by atomic mass is 16.5. The first kappa shape index (κ1) is 12.4. The van der Waals surface area contributed by atoms with Crippen LogP contribution < -0.4 is 9.47 Å². The number of nitrogens with zero attached hydrogens (tertiary/aromatic N) is 1. The number of aromatic nitrogens is 1. The van der Waals surface area contributed by atoms with Gasteiger partial charge in [-0.25, -0.2) is 0 Å². The molecule has 94 valence electrons. The number of hydrogen-bond donors (Lipinski definition) is 1. The third kappa shape index (κ3) is 2.99. The van der Waals surface area contributed by atoms with Crippen molar-refractivity contribution in [3.63, 3.8) is 0 Å². The topological polar surface area (TPSA) is 51.6 Å². The van der Waals surface area contributed by atoms with Crippen LogP contribution >= 0.6 is 0 Å². The number of rotatable bonds is 5. The molecule has 2 rings (SSSR count). The van der Waals surface area contributed by atoms with Crippen LogP contribution in [0.3, 0.4) is 0 Å². The summed E-state index contributed by atoms with van der Waals surface area (Å²) in [6.45, 7) is 0.358. The van der Waals surface area contributed by atoms with E-state index in [0.29, 0.717) is 18.1 Å². The lowest BCUT2D eigenvalue weighted by Crippen LogP contribution is -1.99. The molecule has 0 atom stereocenters. The van der Waals surface area contributed by atoms with Gasteiger partial charge in [0.05, 0.1) is 25.6 Å². The second kappa shape index (κ2) is 6.02. The van der Waals surface area contributed by atoms with Crippen LogP contribution in [0.1, 0.15) is 11.3 Å². The Morgan fingerprint density at radius 2 is 2.00 bits per heavy atom. The molecule has 0 saturated carbocycles. The van der Waals surface area contributed by atoms with Gasteiger partial charge >= 0.3 is 0 Å². The van der Waals surface area contributed by atoms with Crippen LogP contribution in [0, 0.1) is 0 Å². The van der Waals surface area contributed by atoms with E-state index in [4.69, 9.17) is 14.6 Å². The van der Waals surface area contributed by atoms with Crippen LogP contribution in [0.15, 0.2) is 42.6 Å². The molecule has 2 aromatic rings. The molecular formula is C14H15NO3. The Hall–Kier alpha value is -2.07. The molecule has 1 N–H and O–H groups in total. The van der Waals surface area contributed by atoms with Gasteiger partial charge in [-0.2, -0.15) is 0 Å². The number of ether oxygens (including phenoxy) is 2. The highest BCUT2D eigenvalue weighted by Crippen LogP contribution is 2.19. The summed E-state index contributed by atoms with van der Waals surface area (Å²) in [7, 11) is 1.64. The monoisotopic (exact) mass is 245 g/mol. The summed E-state index contributed by atoms with van der Waals surface area (Å²) in [4.78, 5) is 4.05. The predicted octanol–water partition coefficient (Wildman–Crippen LogP) is 2.16. The lowest BCUT2D eigenvalue weighted by Gasteiger charge is -2.09. The molecule has 0 saturated heterocycles. The van der Waals surface area contributed by atoms with Gasteiger partial charge in [0.2, 0.25) is 0 Å². The van der Waals surface area contributed by atoms with E-state index in [2.05, 4.69) is 4.98 Å². The number of benzene rings is 1. The predicted molar refractivity (Wildman–Crippen MR) is 67.5 cm³/mol. The van der Waals surface area contributed by atoms with E-state index in [1.807, 2.05) is 24.3 Å². The number of aliphatic hydroxyl groups is 1. The Bertz CT molecular complexity index is 497. The first-order chi connectivity index (χ1) is 8.83. The van der Waals surface area contributed by atoms with E-state index >= 15 is 0 Å². The Morgan fingerprint density at radius 1 is 1.17 bits per heavy atom. The van der Waals surface area contributed by atoms with Crippen molar-refractivity contribution in [2.24, 2.45) is 0 Å². The maximum Gasteiger partial charge on any atom is 0.138 e. The van der Waals surface area contributed by atoms with Gasteiger partial charge in [-0.15, -0.1) is 0 Å². The van der Waals surface area contributed by atoms with Crippen molar-refractivity contribution < 1.29 is 14.6 Å². The van der Waals surface area contributed by atoms with Gasteiger partial charge in [-0.05, 0) is 18.2 Å². The minimum Gasteiger partial charge on any atom is -0.496 e. The van der Waals surface area contributed by atoms with Crippen molar-refractivity contribution in [2.45, 2.75) is 13.2 Å². The zero-order valence-corrected chi connectivity index (χ0v) is 10.2. The normalized spacial score (nSPS) is 10.1. The zero-order valence-electron chi connectivity index (χ0n) is 10.2. The van der Waals surface area contributed by atoms with Gasteiger partial charge in [0, 0.05) is 5.56 Å². The Morgan fingerprint density at radius 3 is 2.67 bits per heavy atom. The molecule has 0 radical (unpaired) electrons. The highest BCUT2D eigenvalue weighted by molar-refractivity contribution is 5.33. The molecule has 0 fully saturated rings. The molecule has 1 aromatic heterocycles. The third-order valence-electron chi connectivity index (χ3n) is 2.55. The standard InChI is InChI=1S/C14H15NO3/c1-17-14-5-3-2-4-11(14)10-18-13-7-6-12(9-16)15-8-13/h2-8,16H,9-10H2,1H3. The van der Waals surface area contributed by atoms with Crippen molar-refractivity contribution in [3.05, 3.63) is 53.9 Å². The molecule has 4 heteroatoms.